The first kappa shape index (κ1) is 18.1. The molecule has 1 fully saturated rings. The van der Waals surface area contributed by atoms with Crippen molar-refractivity contribution in [3.8, 4) is 0 Å². The Morgan fingerprint density at radius 1 is 0.800 bits per heavy atom. The van der Waals surface area contributed by atoms with Crippen LogP contribution >= 0.6 is 0 Å². The van der Waals surface area contributed by atoms with Crippen LogP contribution in [0, 0.1) is 21.4 Å². The van der Waals surface area contributed by atoms with Crippen LogP contribution in [0.1, 0.15) is 42.6 Å². The van der Waals surface area contributed by atoms with E-state index in [4.69, 9.17) is 0 Å². The highest BCUT2D eigenvalue weighted by Crippen LogP contribution is 2.70. The van der Waals surface area contributed by atoms with Gasteiger partial charge in [0.15, 0.2) is 17.3 Å². The molecule has 0 saturated heterocycles. The van der Waals surface area contributed by atoms with Crippen molar-refractivity contribution < 1.29 is 19.3 Å². The first-order valence-corrected chi connectivity index (χ1v) is 9.50. The lowest BCUT2D eigenvalue weighted by molar-refractivity contribution is -0.384. The van der Waals surface area contributed by atoms with Crippen LogP contribution in [-0.4, -0.2) is 22.3 Å². The summed E-state index contributed by atoms with van der Waals surface area (Å²) in [5.41, 5.74) is 0.137. The molecule has 2 aliphatic carbocycles. The molecule has 6 heteroatoms. The third-order valence-corrected chi connectivity index (χ3v) is 6.18. The largest absolute Gasteiger partial charge is 0.294 e. The maximum atomic E-state index is 13.4. The van der Waals surface area contributed by atoms with E-state index in [2.05, 4.69) is 0 Å². The summed E-state index contributed by atoms with van der Waals surface area (Å²) in [6.45, 7) is 0. The fourth-order valence-corrected chi connectivity index (χ4v) is 4.78. The van der Waals surface area contributed by atoms with E-state index in [-0.39, 0.29) is 28.6 Å². The SMILES string of the molecule is O=C(c1ccc([N+](=O)[O-])cc1)[C@H]1[C@@H](c2ccccc2)C12C(=O)c1ccccc1C2=O. The van der Waals surface area contributed by atoms with Crippen LogP contribution in [0.2, 0.25) is 0 Å². The Balaban J connectivity index is 1.61. The number of Topliss-reactive ketones (excluding diaryl/α,β-unsaturated/α-hetero) is 3. The number of hydrogen-bond acceptors (Lipinski definition) is 5. The highest BCUT2D eigenvalue weighted by atomic mass is 16.6. The number of nitrogens with zero attached hydrogens (tertiary/aromatic N) is 1. The zero-order valence-corrected chi connectivity index (χ0v) is 15.6. The summed E-state index contributed by atoms with van der Waals surface area (Å²) in [5, 5.41) is 10.9. The van der Waals surface area contributed by atoms with Crippen LogP contribution in [-0.2, 0) is 0 Å². The normalized spacial score (nSPS) is 20.8. The maximum absolute atomic E-state index is 13.4. The van der Waals surface area contributed by atoms with Crippen LogP contribution < -0.4 is 0 Å². The monoisotopic (exact) mass is 397 g/mol. The van der Waals surface area contributed by atoms with Gasteiger partial charge in [0.25, 0.3) is 5.69 Å². The summed E-state index contributed by atoms with van der Waals surface area (Å²) in [6.07, 6.45) is 0. The average Bonchev–Trinajstić information content (AvgIpc) is 3.44. The molecule has 3 aromatic carbocycles. The highest BCUT2D eigenvalue weighted by Gasteiger charge is 2.78. The molecule has 1 spiro atoms. The topological polar surface area (TPSA) is 94.3 Å². The molecular weight excluding hydrogens is 382 g/mol. The van der Waals surface area contributed by atoms with Crippen molar-refractivity contribution >= 4 is 23.0 Å². The lowest BCUT2D eigenvalue weighted by atomic mass is 9.91. The number of fused-ring (bicyclic) bond motifs is 1. The molecule has 146 valence electrons. The Hall–Kier alpha value is -3.93. The number of non-ortho nitro benzene ring substituents is 1. The molecule has 1 saturated carbocycles. The van der Waals surface area contributed by atoms with E-state index in [1.165, 1.54) is 24.3 Å². The minimum atomic E-state index is -1.44. The molecule has 3 aromatic rings. The Bertz CT molecular complexity index is 1190. The summed E-state index contributed by atoms with van der Waals surface area (Å²) in [6, 6.07) is 21.0. The first-order valence-electron chi connectivity index (χ1n) is 9.50. The molecule has 0 N–H and O–H groups in total. The van der Waals surface area contributed by atoms with E-state index < -0.39 is 22.2 Å². The Labute approximate surface area is 171 Å². The van der Waals surface area contributed by atoms with Crippen LogP contribution in [0.25, 0.3) is 0 Å². The molecule has 0 aliphatic heterocycles. The molecule has 5 rings (SSSR count). The van der Waals surface area contributed by atoms with Gasteiger partial charge in [-0.2, -0.15) is 0 Å². The third kappa shape index (κ3) is 2.27. The Morgan fingerprint density at radius 3 is 1.87 bits per heavy atom. The molecule has 6 nitrogen and oxygen atoms in total. The summed E-state index contributed by atoms with van der Waals surface area (Å²) in [7, 11) is 0. The van der Waals surface area contributed by atoms with Crippen molar-refractivity contribution in [2.24, 2.45) is 11.3 Å². The van der Waals surface area contributed by atoms with Gasteiger partial charge in [-0.25, -0.2) is 0 Å². The molecule has 2 atom stereocenters. The molecule has 0 bridgehead atoms. The van der Waals surface area contributed by atoms with E-state index in [9.17, 15) is 24.5 Å². The molecule has 2 aliphatic rings. The van der Waals surface area contributed by atoms with Gasteiger partial charge in [-0.1, -0.05) is 54.6 Å². The molecule has 0 aromatic heterocycles. The van der Waals surface area contributed by atoms with Crippen LogP contribution in [0.15, 0.2) is 78.9 Å². The van der Waals surface area contributed by atoms with Crippen LogP contribution in [0.5, 0.6) is 0 Å². The summed E-state index contributed by atoms with van der Waals surface area (Å²) in [4.78, 5) is 50.6. The fraction of sp³-hybridized carbons (Fsp3) is 0.125. The van der Waals surface area contributed by atoms with Crippen molar-refractivity contribution in [3.63, 3.8) is 0 Å². The molecule has 0 amide bonds. The van der Waals surface area contributed by atoms with Crippen molar-refractivity contribution in [2.75, 3.05) is 0 Å². The number of hydrogen-bond donors (Lipinski definition) is 0. The standard InChI is InChI=1S/C24H15NO5/c26-21(15-10-12-16(13-11-15)25(29)30)20-19(14-6-2-1-3-7-14)24(20)22(27)17-8-4-5-9-18(17)23(24)28/h1-13,19-20H/t19-,20-/m1/s1. The van der Waals surface area contributed by atoms with E-state index >= 15 is 0 Å². The number of nitro groups is 1. The van der Waals surface area contributed by atoms with Gasteiger partial charge >= 0.3 is 0 Å². The van der Waals surface area contributed by atoms with Crippen molar-refractivity contribution in [1.82, 2.24) is 0 Å². The van der Waals surface area contributed by atoms with Gasteiger partial charge in [-0.3, -0.25) is 24.5 Å². The number of ketones is 3. The Kier molecular flexibility index (Phi) is 3.80. The van der Waals surface area contributed by atoms with Crippen molar-refractivity contribution in [2.45, 2.75) is 5.92 Å². The van der Waals surface area contributed by atoms with E-state index in [1.54, 1.807) is 24.3 Å². The van der Waals surface area contributed by atoms with Gasteiger partial charge in [0.1, 0.15) is 5.41 Å². The summed E-state index contributed by atoms with van der Waals surface area (Å²) >= 11 is 0. The zero-order valence-electron chi connectivity index (χ0n) is 15.6. The molecular formula is C24H15NO5. The van der Waals surface area contributed by atoms with Gasteiger partial charge in [0.2, 0.25) is 0 Å². The van der Waals surface area contributed by atoms with Crippen molar-refractivity contribution in [1.29, 1.82) is 0 Å². The van der Waals surface area contributed by atoms with E-state index in [1.807, 2.05) is 30.3 Å². The number of rotatable bonds is 4. The van der Waals surface area contributed by atoms with Gasteiger partial charge < -0.3 is 0 Å². The first-order chi connectivity index (χ1) is 14.5. The van der Waals surface area contributed by atoms with Gasteiger partial charge in [0.05, 0.1) is 10.8 Å². The minimum Gasteiger partial charge on any atom is -0.294 e. The predicted molar refractivity (Wildman–Crippen MR) is 108 cm³/mol. The lowest BCUT2D eigenvalue weighted by Gasteiger charge is -2.06. The second-order valence-electron chi connectivity index (χ2n) is 7.61. The number of carbonyl (C=O) groups is 3. The average molecular weight is 397 g/mol. The number of carbonyl (C=O) groups excluding carboxylic acids is 3. The predicted octanol–water partition coefficient (Wildman–Crippen LogP) is 4.26. The molecule has 30 heavy (non-hydrogen) atoms. The molecule has 0 heterocycles. The summed E-state index contributed by atoms with van der Waals surface area (Å²) in [5.74, 6) is -2.40. The smallest absolute Gasteiger partial charge is 0.269 e. The maximum Gasteiger partial charge on any atom is 0.269 e. The molecule has 0 radical (unpaired) electrons. The quantitative estimate of drug-likeness (QED) is 0.284. The van der Waals surface area contributed by atoms with Gasteiger partial charge in [-0.15, -0.1) is 0 Å². The zero-order chi connectivity index (χ0) is 21.0. The Morgan fingerprint density at radius 2 is 1.33 bits per heavy atom. The lowest BCUT2D eigenvalue weighted by Crippen LogP contribution is -2.23. The highest BCUT2D eigenvalue weighted by molar-refractivity contribution is 6.35. The van der Waals surface area contributed by atoms with E-state index in [0.717, 1.165) is 5.56 Å². The molecule has 0 unspecified atom stereocenters. The number of nitro benzene ring substituents is 1. The second-order valence-corrected chi connectivity index (χ2v) is 7.61. The van der Waals surface area contributed by atoms with Crippen molar-refractivity contribution in [3.05, 3.63) is 111 Å². The van der Waals surface area contributed by atoms with E-state index in [0.29, 0.717) is 11.1 Å². The summed E-state index contributed by atoms with van der Waals surface area (Å²) < 4.78 is 0. The van der Waals surface area contributed by atoms with Gasteiger partial charge in [0, 0.05) is 34.7 Å². The fourth-order valence-electron chi connectivity index (χ4n) is 4.78. The second kappa shape index (κ2) is 6.29. The van der Waals surface area contributed by atoms with Crippen LogP contribution in [0.3, 0.4) is 0 Å². The number of benzene rings is 3. The minimum absolute atomic E-state index is 0.128. The third-order valence-electron chi connectivity index (χ3n) is 6.18. The van der Waals surface area contributed by atoms with Gasteiger partial charge in [-0.05, 0) is 17.7 Å². The van der Waals surface area contributed by atoms with Crippen LogP contribution in [0.4, 0.5) is 5.69 Å².